The van der Waals surface area contributed by atoms with E-state index < -0.39 is 18.1 Å². The second kappa shape index (κ2) is 5.23. The zero-order valence-corrected chi connectivity index (χ0v) is 10.6. The van der Waals surface area contributed by atoms with E-state index in [0.717, 1.165) is 5.56 Å². The van der Waals surface area contributed by atoms with E-state index in [0.29, 0.717) is 6.42 Å². The SMILES string of the molecule is CC[C@H](NC(=O)[C@H]1C[C@@H]1c1ccccc1)C(F)(F)F. The lowest BCUT2D eigenvalue weighted by Gasteiger charge is -2.20. The molecule has 1 aliphatic carbocycles. The fourth-order valence-corrected chi connectivity index (χ4v) is 2.25. The highest BCUT2D eigenvalue weighted by Crippen LogP contribution is 2.47. The average molecular weight is 271 g/mol. The minimum atomic E-state index is -4.37. The van der Waals surface area contributed by atoms with Crippen molar-refractivity contribution in [1.82, 2.24) is 5.32 Å². The predicted molar refractivity (Wildman–Crippen MR) is 65.6 cm³/mol. The average Bonchev–Trinajstić information content (AvgIpc) is 3.15. The van der Waals surface area contributed by atoms with Gasteiger partial charge in [0.2, 0.25) is 5.91 Å². The molecule has 0 heterocycles. The molecule has 1 aliphatic rings. The van der Waals surface area contributed by atoms with Gasteiger partial charge in [-0.1, -0.05) is 37.3 Å². The number of alkyl halides is 3. The summed E-state index contributed by atoms with van der Waals surface area (Å²) >= 11 is 0. The van der Waals surface area contributed by atoms with Crippen molar-refractivity contribution in [1.29, 1.82) is 0 Å². The third-order valence-electron chi connectivity index (χ3n) is 3.47. The van der Waals surface area contributed by atoms with Crippen LogP contribution in [-0.4, -0.2) is 18.1 Å². The summed E-state index contributed by atoms with van der Waals surface area (Å²) in [7, 11) is 0. The summed E-state index contributed by atoms with van der Waals surface area (Å²) in [5.74, 6) is -0.747. The van der Waals surface area contributed by atoms with E-state index in [1.807, 2.05) is 30.3 Å². The third kappa shape index (κ3) is 3.28. The molecule has 19 heavy (non-hydrogen) atoms. The molecule has 5 heteroatoms. The zero-order chi connectivity index (χ0) is 14.0. The molecule has 0 aromatic heterocycles. The van der Waals surface area contributed by atoms with Crippen molar-refractivity contribution < 1.29 is 18.0 Å². The number of carbonyl (C=O) groups is 1. The molecular formula is C14H16F3NO. The summed E-state index contributed by atoms with van der Waals surface area (Å²) in [6.07, 6.45) is -3.89. The Kier molecular flexibility index (Phi) is 3.83. The van der Waals surface area contributed by atoms with Gasteiger partial charge in [0.1, 0.15) is 6.04 Å². The van der Waals surface area contributed by atoms with Gasteiger partial charge < -0.3 is 5.32 Å². The van der Waals surface area contributed by atoms with Gasteiger partial charge in [0.05, 0.1) is 0 Å². The lowest BCUT2D eigenvalue weighted by atomic mass is 10.1. The molecule has 1 aromatic carbocycles. The van der Waals surface area contributed by atoms with E-state index in [4.69, 9.17) is 0 Å². The Labute approximate surface area is 110 Å². The Morgan fingerprint density at radius 1 is 1.37 bits per heavy atom. The zero-order valence-electron chi connectivity index (χ0n) is 10.6. The molecule has 0 saturated heterocycles. The van der Waals surface area contributed by atoms with E-state index in [9.17, 15) is 18.0 Å². The van der Waals surface area contributed by atoms with E-state index in [-0.39, 0.29) is 18.3 Å². The van der Waals surface area contributed by atoms with E-state index >= 15 is 0 Å². The summed E-state index contributed by atoms with van der Waals surface area (Å²) in [5, 5.41) is 2.10. The minimum Gasteiger partial charge on any atom is -0.344 e. The molecule has 2 rings (SSSR count). The van der Waals surface area contributed by atoms with E-state index in [1.165, 1.54) is 6.92 Å². The van der Waals surface area contributed by atoms with Gasteiger partial charge in [-0.05, 0) is 24.3 Å². The standard InChI is InChI=1S/C14H16F3NO/c1-2-12(14(15,16)17)18-13(19)11-8-10(11)9-6-4-3-5-7-9/h3-7,10-12H,2,8H2,1H3,(H,18,19)/t10-,11+,12+/m1/s1. The Hall–Kier alpha value is -1.52. The largest absolute Gasteiger partial charge is 0.408 e. The second-order valence-electron chi connectivity index (χ2n) is 4.87. The van der Waals surface area contributed by atoms with Crippen molar-refractivity contribution in [3.63, 3.8) is 0 Å². The Bertz CT molecular complexity index is 444. The van der Waals surface area contributed by atoms with Gasteiger partial charge in [-0.25, -0.2) is 0 Å². The number of nitrogens with one attached hydrogen (secondary N) is 1. The lowest BCUT2D eigenvalue weighted by Crippen LogP contribution is -2.45. The van der Waals surface area contributed by atoms with Crippen molar-refractivity contribution in [3.8, 4) is 0 Å². The molecule has 104 valence electrons. The van der Waals surface area contributed by atoms with Gasteiger partial charge in [0.25, 0.3) is 0 Å². The molecule has 2 nitrogen and oxygen atoms in total. The maximum Gasteiger partial charge on any atom is 0.408 e. The summed E-state index contributed by atoms with van der Waals surface area (Å²) in [6, 6.07) is 7.67. The van der Waals surface area contributed by atoms with E-state index in [2.05, 4.69) is 5.32 Å². The third-order valence-corrected chi connectivity index (χ3v) is 3.47. The van der Waals surface area contributed by atoms with Crippen LogP contribution in [0.3, 0.4) is 0 Å². The van der Waals surface area contributed by atoms with E-state index in [1.54, 1.807) is 0 Å². The molecule has 1 aromatic rings. The highest BCUT2D eigenvalue weighted by atomic mass is 19.4. The molecule has 1 saturated carbocycles. The Morgan fingerprint density at radius 3 is 2.53 bits per heavy atom. The lowest BCUT2D eigenvalue weighted by molar-refractivity contribution is -0.162. The van der Waals surface area contributed by atoms with Crippen LogP contribution in [0.25, 0.3) is 0 Å². The molecule has 1 N–H and O–H groups in total. The van der Waals surface area contributed by atoms with Gasteiger partial charge in [0.15, 0.2) is 0 Å². The first-order valence-electron chi connectivity index (χ1n) is 6.35. The van der Waals surface area contributed by atoms with Crippen LogP contribution in [0.1, 0.15) is 31.2 Å². The van der Waals surface area contributed by atoms with Crippen molar-refractivity contribution in [2.75, 3.05) is 0 Å². The highest BCUT2D eigenvalue weighted by Gasteiger charge is 2.47. The molecule has 1 fully saturated rings. The molecule has 0 unspecified atom stereocenters. The van der Waals surface area contributed by atoms with Gasteiger partial charge in [-0.3, -0.25) is 4.79 Å². The number of carbonyl (C=O) groups excluding carboxylic acids is 1. The van der Waals surface area contributed by atoms with Crippen LogP contribution < -0.4 is 5.32 Å². The normalized spacial score (nSPS) is 23.8. The monoisotopic (exact) mass is 271 g/mol. The molecule has 0 radical (unpaired) electrons. The van der Waals surface area contributed by atoms with Gasteiger partial charge in [0, 0.05) is 5.92 Å². The number of hydrogen-bond donors (Lipinski definition) is 1. The van der Waals surface area contributed by atoms with Crippen LogP contribution in [0.4, 0.5) is 13.2 Å². The van der Waals surface area contributed by atoms with Crippen LogP contribution >= 0.6 is 0 Å². The number of amides is 1. The smallest absolute Gasteiger partial charge is 0.344 e. The van der Waals surface area contributed by atoms with Crippen LogP contribution in [0, 0.1) is 5.92 Å². The fourth-order valence-electron chi connectivity index (χ4n) is 2.25. The van der Waals surface area contributed by atoms with Gasteiger partial charge in [-0.15, -0.1) is 0 Å². The van der Waals surface area contributed by atoms with Crippen molar-refractivity contribution in [2.24, 2.45) is 5.92 Å². The maximum atomic E-state index is 12.6. The van der Waals surface area contributed by atoms with Crippen molar-refractivity contribution in [2.45, 2.75) is 37.9 Å². The highest BCUT2D eigenvalue weighted by molar-refractivity contribution is 5.83. The molecule has 1 amide bonds. The molecule has 0 bridgehead atoms. The predicted octanol–water partition coefficient (Wildman–Crippen LogP) is 3.25. The van der Waals surface area contributed by atoms with Crippen LogP contribution in [0.5, 0.6) is 0 Å². The molecule has 0 spiro atoms. The molecule has 0 aliphatic heterocycles. The summed E-state index contributed by atoms with van der Waals surface area (Å²) in [4.78, 5) is 11.8. The number of benzene rings is 1. The molecular weight excluding hydrogens is 255 g/mol. The van der Waals surface area contributed by atoms with Crippen LogP contribution in [0.2, 0.25) is 0 Å². The summed E-state index contributed by atoms with van der Waals surface area (Å²) < 4.78 is 37.7. The topological polar surface area (TPSA) is 29.1 Å². The number of hydrogen-bond acceptors (Lipinski definition) is 1. The first kappa shape index (κ1) is 13.9. The Balaban J connectivity index is 1.93. The maximum absolute atomic E-state index is 12.6. The molecule has 3 atom stereocenters. The van der Waals surface area contributed by atoms with Crippen LogP contribution in [-0.2, 0) is 4.79 Å². The van der Waals surface area contributed by atoms with Gasteiger partial charge >= 0.3 is 6.18 Å². The van der Waals surface area contributed by atoms with Crippen LogP contribution in [0.15, 0.2) is 30.3 Å². The number of rotatable bonds is 4. The second-order valence-corrected chi connectivity index (χ2v) is 4.87. The first-order valence-corrected chi connectivity index (χ1v) is 6.35. The van der Waals surface area contributed by atoms with Gasteiger partial charge in [-0.2, -0.15) is 13.2 Å². The fraction of sp³-hybridized carbons (Fsp3) is 0.500. The Morgan fingerprint density at radius 2 is 2.00 bits per heavy atom. The quantitative estimate of drug-likeness (QED) is 0.895. The van der Waals surface area contributed by atoms with Crippen molar-refractivity contribution >= 4 is 5.91 Å². The number of halogens is 3. The first-order chi connectivity index (χ1) is 8.93. The van der Waals surface area contributed by atoms with Crippen molar-refractivity contribution in [3.05, 3.63) is 35.9 Å². The summed E-state index contributed by atoms with van der Waals surface area (Å²) in [5.41, 5.74) is 1.02. The minimum absolute atomic E-state index is 0.0620. The summed E-state index contributed by atoms with van der Waals surface area (Å²) in [6.45, 7) is 1.42.